The Morgan fingerprint density at radius 1 is 1.33 bits per heavy atom. The highest BCUT2D eigenvalue weighted by Gasteiger charge is 2.21. The van der Waals surface area contributed by atoms with Crippen LogP contribution in [0, 0.1) is 15.9 Å². The minimum atomic E-state index is -0.521. The molecule has 0 radical (unpaired) electrons. The molecule has 7 nitrogen and oxygen atoms in total. The van der Waals surface area contributed by atoms with E-state index >= 15 is 0 Å². The average Bonchev–Trinajstić information content (AvgIpc) is 2.59. The van der Waals surface area contributed by atoms with Gasteiger partial charge in [-0.3, -0.25) is 14.9 Å². The molecule has 1 aliphatic rings. The summed E-state index contributed by atoms with van der Waals surface area (Å²) in [6.07, 6.45) is 0. The van der Waals surface area contributed by atoms with Gasteiger partial charge in [-0.05, 0) is 18.2 Å². The Bertz CT molecular complexity index is 809. The molecule has 2 aromatic rings. The zero-order chi connectivity index (χ0) is 17.1. The van der Waals surface area contributed by atoms with Crippen molar-refractivity contribution in [3.8, 4) is 5.75 Å². The van der Waals surface area contributed by atoms with Gasteiger partial charge in [0.25, 0.3) is 11.6 Å². The minimum Gasteiger partial charge on any atom is -0.467 e. The molecular formula is C16H13FN2O5. The molecule has 3 rings (SSSR count). The van der Waals surface area contributed by atoms with E-state index in [1.807, 2.05) is 0 Å². The molecule has 8 heteroatoms. The number of fused-ring (bicyclic) bond motifs is 1. The van der Waals surface area contributed by atoms with Gasteiger partial charge in [0.2, 0.25) is 0 Å². The lowest BCUT2D eigenvalue weighted by Crippen LogP contribution is -2.24. The fourth-order valence-electron chi connectivity index (χ4n) is 2.42. The van der Waals surface area contributed by atoms with Gasteiger partial charge in [-0.1, -0.05) is 6.07 Å². The van der Waals surface area contributed by atoms with Crippen LogP contribution in [-0.2, 0) is 17.9 Å². The maximum absolute atomic E-state index is 13.2. The average molecular weight is 332 g/mol. The van der Waals surface area contributed by atoms with E-state index in [4.69, 9.17) is 9.47 Å². The normalized spacial score (nSPS) is 12.9. The van der Waals surface area contributed by atoms with Gasteiger partial charge in [0.05, 0.1) is 11.5 Å². The molecule has 1 amide bonds. The van der Waals surface area contributed by atoms with Gasteiger partial charge in [0.15, 0.2) is 6.79 Å². The van der Waals surface area contributed by atoms with Crippen LogP contribution in [0.1, 0.15) is 21.5 Å². The van der Waals surface area contributed by atoms with E-state index in [0.717, 1.165) is 6.07 Å². The van der Waals surface area contributed by atoms with Gasteiger partial charge in [-0.2, -0.15) is 0 Å². The van der Waals surface area contributed by atoms with Gasteiger partial charge in [-0.25, -0.2) is 4.39 Å². The highest BCUT2D eigenvalue weighted by molar-refractivity contribution is 5.94. The van der Waals surface area contributed by atoms with E-state index in [1.54, 1.807) is 0 Å². The van der Waals surface area contributed by atoms with Crippen molar-refractivity contribution < 1.29 is 23.6 Å². The number of hydrogen-bond acceptors (Lipinski definition) is 5. The molecule has 0 aromatic heterocycles. The van der Waals surface area contributed by atoms with Crippen molar-refractivity contribution in [2.45, 2.75) is 13.2 Å². The Morgan fingerprint density at radius 3 is 2.92 bits per heavy atom. The molecule has 2 aromatic carbocycles. The molecular weight excluding hydrogens is 319 g/mol. The molecule has 0 aliphatic carbocycles. The first-order valence-corrected chi connectivity index (χ1v) is 7.09. The molecule has 124 valence electrons. The number of hydrogen-bond donors (Lipinski definition) is 1. The van der Waals surface area contributed by atoms with Crippen molar-refractivity contribution in [2.24, 2.45) is 0 Å². The fraction of sp³-hybridized carbons (Fsp3) is 0.188. The molecule has 0 spiro atoms. The zero-order valence-corrected chi connectivity index (χ0v) is 12.5. The number of carbonyl (C=O) groups is 1. The third kappa shape index (κ3) is 3.33. The first kappa shape index (κ1) is 15.9. The summed E-state index contributed by atoms with van der Waals surface area (Å²) in [4.78, 5) is 22.6. The fourth-order valence-corrected chi connectivity index (χ4v) is 2.42. The smallest absolute Gasteiger partial charge is 0.270 e. The number of carbonyl (C=O) groups excluding carboxylic acids is 1. The molecule has 0 fully saturated rings. The zero-order valence-electron chi connectivity index (χ0n) is 12.5. The predicted molar refractivity (Wildman–Crippen MR) is 81.0 cm³/mol. The summed E-state index contributed by atoms with van der Waals surface area (Å²) in [7, 11) is 0. The number of nitro groups is 1. The largest absolute Gasteiger partial charge is 0.467 e. The van der Waals surface area contributed by atoms with Crippen LogP contribution < -0.4 is 10.1 Å². The van der Waals surface area contributed by atoms with Gasteiger partial charge in [-0.15, -0.1) is 0 Å². The molecule has 1 heterocycles. The van der Waals surface area contributed by atoms with Crippen LogP contribution in [0.4, 0.5) is 10.1 Å². The first-order valence-electron chi connectivity index (χ1n) is 7.09. The third-order valence-electron chi connectivity index (χ3n) is 3.51. The third-order valence-corrected chi connectivity index (χ3v) is 3.51. The maximum Gasteiger partial charge on any atom is 0.270 e. The number of nitrogens with zero attached hydrogens (tertiary/aromatic N) is 1. The number of nitro benzene ring substituents is 1. The van der Waals surface area contributed by atoms with Crippen molar-refractivity contribution in [3.63, 3.8) is 0 Å². The summed E-state index contributed by atoms with van der Waals surface area (Å²) in [5, 5.41) is 13.6. The minimum absolute atomic E-state index is 0.0133. The Hall–Kier alpha value is -3.00. The highest BCUT2D eigenvalue weighted by Crippen LogP contribution is 2.32. The standard InChI is InChI=1S/C16H13FN2O5/c17-13-3-1-2-10(4-13)16(20)18-7-11-5-14(19(21)22)6-12-8-23-9-24-15(11)12/h1-6H,7-9H2,(H,18,20). The van der Waals surface area contributed by atoms with Crippen molar-refractivity contribution in [1.82, 2.24) is 5.32 Å². The van der Waals surface area contributed by atoms with Crippen molar-refractivity contribution in [2.75, 3.05) is 6.79 Å². The quantitative estimate of drug-likeness (QED) is 0.686. The summed E-state index contributed by atoms with van der Waals surface area (Å²) in [5.74, 6) is -0.538. The van der Waals surface area contributed by atoms with Crippen LogP contribution in [0.5, 0.6) is 5.75 Å². The first-order chi connectivity index (χ1) is 11.5. The molecule has 0 atom stereocenters. The van der Waals surface area contributed by atoms with E-state index in [9.17, 15) is 19.3 Å². The second-order valence-electron chi connectivity index (χ2n) is 5.15. The number of non-ortho nitro benzene ring substituents is 1. The lowest BCUT2D eigenvalue weighted by molar-refractivity contribution is -0.385. The lowest BCUT2D eigenvalue weighted by Gasteiger charge is -2.20. The van der Waals surface area contributed by atoms with Crippen molar-refractivity contribution >= 4 is 11.6 Å². The summed E-state index contributed by atoms with van der Waals surface area (Å²) in [6.45, 7) is 0.247. The van der Waals surface area contributed by atoms with Crippen molar-refractivity contribution in [3.05, 3.63) is 69.0 Å². The van der Waals surface area contributed by atoms with Gasteiger partial charge >= 0.3 is 0 Å². The van der Waals surface area contributed by atoms with E-state index in [0.29, 0.717) is 16.9 Å². The lowest BCUT2D eigenvalue weighted by atomic mass is 10.1. The van der Waals surface area contributed by atoms with Gasteiger partial charge in [0, 0.05) is 35.4 Å². The Balaban J connectivity index is 1.82. The summed E-state index contributed by atoms with van der Waals surface area (Å²) < 4.78 is 23.7. The highest BCUT2D eigenvalue weighted by atomic mass is 19.1. The second-order valence-corrected chi connectivity index (χ2v) is 5.15. The number of rotatable bonds is 4. The van der Waals surface area contributed by atoms with E-state index < -0.39 is 16.6 Å². The molecule has 0 unspecified atom stereocenters. The number of amides is 1. The van der Waals surface area contributed by atoms with Crippen LogP contribution in [0.15, 0.2) is 36.4 Å². The molecule has 24 heavy (non-hydrogen) atoms. The SMILES string of the molecule is O=C(NCc1cc([N+](=O)[O-])cc2c1OCOC2)c1cccc(F)c1. The van der Waals surface area contributed by atoms with Gasteiger partial charge in [0.1, 0.15) is 11.6 Å². The molecule has 0 bridgehead atoms. The Labute approximate surface area is 136 Å². The van der Waals surface area contributed by atoms with Crippen LogP contribution >= 0.6 is 0 Å². The summed E-state index contributed by atoms with van der Waals surface area (Å²) >= 11 is 0. The number of ether oxygens (including phenoxy) is 2. The molecule has 0 saturated heterocycles. The van der Waals surface area contributed by atoms with Crippen LogP contribution in [0.25, 0.3) is 0 Å². The number of halogens is 1. The van der Waals surface area contributed by atoms with Gasteiger partial charge < -0.3 is 14.8 Å². The van der Waals surface area contributed by atoms with E-state index in [-0.39, 0.29) is 31.2 Å². The Kier molecular flexibility index (Phi) is 4.39. The van der Waals surface area contributed by atoms with E-state index in [1.165, 1.54) is 30.3 Å². The van der Waals surface area contributed by atoms with Crippen molar-refractivity contribution in [1.29, 1.82) is 0 Å². The topological polar surface area (TPSA) is 90.7 Å². The summed E-state index contributed by atoms with van der Waals surface area (Å²) in [5.41, 5.74) is 1.06. The van der Waals surface area contributed by atoms with Crippen LogP contribution in [-0.4, -0.2) is 17.6 Å². The summed E-state index contributed by atoms with van der Waals surface area (Å²) in [6, 6.07) is 7.98. The van der Waals surface area contributed by atoms with Crippen LogP contribution in [0.3, 0.4) is 0 Å². The molecule has 1 aliphatic heterocycles. The Morgan fingerprint density at radius 2 is 2.17 bits per heavy atom. The van der Waals surface area contributed by atoms with Crippen LogP contribution in [0.2, 0.25) is 0 Å². The molecule has 1 N–H and O–H groups in total. The molecule has 0 saturated carbocycles. The number of nitrogens with one attached hydrogen (secondary N) is 1. The maximum atomic E-state index is 13.2. The second kappa shape index (κ2) is 6.63. The predicted octanol–water partition coefficient (Wildman–Crippen LogP) is 2.53. The number of benzene rings is 2. The van der Waals surface area contributed by atoms with E-state index in [2.05, 4.69) is 5.32 Å². The monoisotopic (exact) mass is 332 g/mol.